The van der Waals surface area contributed by atoms with Gasteiger partial charge in [-0.25, -0.2) is 0 Å². The van der Waals surface area contributed by atoms with Crippen LogP contribution in [-0.2, 0) is 5.41 Å². The summed E-state index contributed by atoms with van der Waals surface area (Å²) in [5, 5.41) is 15.3. The Kier molecular flexibility index (Phi) is 8.20. The Hall–Kier alpha value is -7.74. The molecule has 2 unspecified atom stereocenters. The molecule has 1 aliphatic heterocycles. The first-order valence-electron chi connectivity index (χ1n) is 24.4. The van der Waals surface area contributed by atoms with Gasteiger partial charge in [0.25, 0.3) is 0 Å². The monoisotopic (exact) mass is 869 g/mol. The lowest BCUT2D eigenvalue weighted by molar-refractivity contribution is 0.330. The SMILES string of the molecule is CC1(C)CC2(C)c3cc(-c4cc(-c5cccc6ccccc56)c5ccc6c(-c7cccc8ccccc78)cc(-c7cccc8ccccc78)c7ccc4c5c76)ccc3N(c3ccccc3)C2(C)C1. The predicted octanol–water partition coefficient (Wildman–Crippen LogP) is 18.7. The van der Waals surface area contributed by atoms with Crippen LogP contribution in [0, 0.1) is 5.41 Å². The van der Waals surface area contributed by atoms with Crippen LogP contribution in [0.15, 0.2) is 212 Å². The molecule has 1 fully saturated rings. The molecule has 1 aliphatic carbocycles. The number of anilines is 2. The smallest absolute Gasteiger partial charge is 0.0523 e. The lowest BCUT2D eigenvalue weighted by Crippen LogP contribution is -2.49. The molecule has 0 radical (unpaired) electrons. The van der Waals surface area contributed by atoms with Crippen LogP contribution < -0.4 is 4.90 Å². The highest BCUT2D eigenvalue weighted by atomic mass is 15.3. The lowest BCUT2D eigenvalue weighted by Gasteiger charge is -2.42. The average molecular weight is 870 g/mol. The van der Waals surface area contributed by atoms with E-state index in [4.69, 9.17) is 0 Å². The number of hydrogen-bond donors (Lipinski definition) is 0. The zero-order chi connectivity index (χ0) is 45.5. The highest BCUT2D eigenvalue weighted by molar-refractivity contribution is 6.33. The summed E-state index contributed by atoms with van der Waals surface area (Å²) in [6.07, 6.45) is 2.25. The van der Waals surface area contributed by atoms with E-state index in [0.717, 1.165) is 12.8 Å². The third-order valence-electron chi connectivity index (χ3n) is 16.6. The fraction of sp³-hybridized carbons (Fsp3) is 0.134. The summed E-state index contributed by atoms with van der Waals surface area (Å²) in [7, 11) is 0. The van der Waals surface area contributed by atoms with Crippen LogP contribution in [0.25, 0.3) is 109 Å². The third-order valence-corrected chi connectivity index (χ3v) is 16.6. The molecule has 324 valence electrons. The largest absolute Gasteiger partial charge is 0.334 e. The number of rotatable bonds is 5. The Morgan fingerprint density at radius 1 is 0.338 bits per heavy atom. The zero-order valence-corrected chi connectivity index (χ0v) is 39.1. The first-order valence-corrected chi connectivity index (χ1v) is 24.4. The summed E-state index contributed by atoms with van der Waals surface area (Å²) in [5.41, 5.74) is 14.3. The van der Waals surface area contributed by atoms with Gasteiger partial charge < -0.3 is 4.90 Å². The molecule has 68 heavy (non-hydrogen) atoms. The molecule has 0 saturated heterocycles. The molecule has 0 spiro atoms. The third kappa shape index (κ3) is 5.45. The molecule has 2 aliphatic rings. The van der Waals surface area contributed by atoms with Gasteiger partial charge in [0.15, 0.2) is 0 Å². The standard InChI is InChI=1S/C67H51N/c1-65(2)40-66(3)61-37-45(31-36-62(61)68(67(66,4)41-65)46-23-6-5-7-24-46)57-38-58(50-28-14-20-42-17-8-11-25-47(42)50)54-34-35-56-60(52-30-16-22-44-19-10-13-27-49(44)52)39-59(55-33-32-53(57)63(54)64(55)56)51-29-15-21-43-18-9-12-26-48(43)51/h5-39H,40-41H2,1-4H3. The summed E-state index contributed by atoms with van der Waals surface area (Å²) >= 11 is 0. The van der Waals surface area contributed by atoms with Crippen molar-refractivity contribution >= 4 is 76.0 Å². The second-order valence-electron chi connectivity index (χ2n) is 21.1. The van der Waals surface area contributed by atoms with Gasteiger partial charge in [-0.1, -0.05) is 197 Å². The maximum Gasteiger partial charge on any atom is 0.0523 e. The normalized spacial score (nSPS) is 18.7. The van der Waals surface area contributed by atoms with E-state index in [1.807, 2.05) is 0 Å². The number of fused-ring (bicyclic) bond motifs is 6. The molecule has 1 heterocycles. The second-order valence-corrected chi connectivity index (χ2v) is 21.1. The van der Waals surface area contributed by atoms with Gasteiger partial charge in [-0.15, -0.1) is 0 Å². The molecule has 0 aromatic heterocycles. The number of nitrogens with zero attached hydrogens (tertiary/aromatic N) is 1. The number of hydrogen-bond acceptors (Lipinski definition) is 1. The van der Waals surface area contributed by atoms with E-state index in [-0.39, 0.29) is 16.4 Å². The molecule has 12 aromatic carbocycles. The van der Waals surface area contributed by atoms with Gasteiger partial charge in [-0.3, -0.25) is 0 Å². The van der Waals surface area contributed by atoms with E-state index in [1.165, 1.54) is 126 Å². The molecule has 1 heteroatoms. The van der Waals surface area contributed by atoms with Gasteiger partial charge in [0.1, 0.15) is 0 Å². The Morgan fingerprint density at radius 2 is 0.765 bits per heavy atom. The van der Waals surface area contributed by atoms with Crippen LogP contribution in [0.5, 0.6) is 0 Å². The summed E-state index contributed by atoms with van der Waals surface area (Å²) in [5.74, 6) is 0. The Bertz CT molecular complexity index is 3930. The topological polar surface area (TPSA) is 3.24 Å². The second kappa shape index (κ2) is 14.1. The van der Waals surface area contributed by atoms with Crippen molar-refractivity contribution in [1.29, 1.82) is 0 Å². The number of benzene rings is 12. The van der Waals surface area contributed by atoms with E-state index in [1.54, 1.807) is 0 Å². The first-order chi connectivity index (χ1) is 33.2. The highest BCUT2D eigenvalue weighted by Gasteiger charge is 2.64. The van der Waals surface area contributed by atoms with Crippen LogP contribution in [0.2, 0.25) is 0 Å². The van der Waals surface area contributed by atoms with Gasteiger partial charge in [0.05, 0.1) is 5.54 Å². The quantitative estimate of drug-likeness (QED) is 0.156. The molecular formula is C67H51N. The Morgan fingerprint density at radius 3 is 1.26 bits per heavy atom. The minimum atomic E-state index is -0.0778. The van der Waals surface area contributed by atoms with Crippen molar-refractivity contribution in [1.82, 2.24) is 0 Å². The molecule has 14 rings (SSSR count). The molecule has 0 N–H and O–H groups in total. The van der Waals surface area contributed by atoms with Crippen LogP contribution in [0.3, 0.4) is 0 Å². The number of para-hydroxylation sites is 1. The maximum atomic E-state index is 2.69. The first kappa shape index (κ1) is 39.4. The minimum Gasteiger partial charge on any atom is -0.334 e. The van der Waals surface area contributed by atoms with Crippen molar-refractivity contribution in [2.45, 2.75) is 51.5 Å². The van der Waals surface area contributed by atoms with Gasteiger partial charge in [0, 0.05) is 16.8 Å². The van der Waals surface area contributed by atoms with Gasteiger partial charge >= 0.3 is 0 Å². The molecule has 2 atom stereocenters. The Labute approximate surface area is 398 Å². The highest BCUT2D eigenvalue weighted by Crippen LogP contribution is 2.67. The molecule has 12 aromatic rings. The van der Waals surface area contributed by atoms with Crippen LogP contribution in [0.4, 0.5) is 11.4 Å². The minimum absolute atomic E-state index is 0.0549. The van der Waals surface area contributed by atoms with Crippen molar-refractivity contribution in [3.8, 4) is 44.5 Å². The molecule has 1 nitrogen and oxygen atoms in total. The van der Waals surface area contributed by atoms with Gasteiger partial charge in [0.2, 0.25) is 0 Å². The summed E-state index contributed by atoms with van der Waals surface area (Å²) < 4.78 is 0. The molecule has 0 bridgehead atoms. The molecule has 0 amide bonds. The fourth-order valence-electron chi connectivity index (χ4n) is 13.9. The van der Waals surface area contributed by atoms with Gasteiger partial charge in [-0.05, 0) is 176 Å². The van der Waals surface area contributed by atoms with Gasteiger partial charge in [-0.2, -0.15) is 0 Å². The van der Waals surface area contributed by atoms with Crippen molar-refractivity contribution < 1.29 is 0 Å². The van der Waals surface area contributed by atoms with E-state index in [9.17, 15) is 0 Å². The Balaban J connectivity index is 1.12. The average Bonchev–Trinajstić information content (AvgIpc) is 3.68. The fourth-order valence-corrected chi connectivity index (χ4v) is 13.9. The maximum absolute atomic E-state index is 2.69. The van der Waals surface area contributed by atoms with Crippen molar-refractivity contribution in [2.75, 3.05) is 4.90 Å². The van der Waals surface area contributed by atoms with E-state index < -0.39 is 0 Å². The van der Waals surface area contributed by atoms with Crippen LogP contribution >= 0.6 is 0 Å². The zero-order valence-electron chi connectivity index (χ0n) is 39.1. The molecule has 1 saturated carbocycles. The summed E-state index contributed by atoms with van der Waals surface area (Å²) in [6, 6.07) is 80.5. The van der Waals surface area contributed by atoms with E-state index >= 15 is 0 Å². The van der Waals surface area contributed by atoms with E-state index in [0.29, 0.717) is 0 Å². The van der Waals surface area contributed by atoms with Crippen LogP contribution in [-0.4, -0.2) is 5.54 Å². The van der Waals surface area contributed by atoms with Crippen molar-refractivity contribution in [2.24, 2.45) is 5.41 Å². The molecular weight excluding hydrogens is 819 g/mol. The van der Waals surface area contributed by atoms with Crippen molar-refractivity contribution in [3.05, 3.63) is 218 Å². The van der Waals surface area contributed by atoms with Crippen LogP contribution in [0.1, 0.15) is 46.1 Å². The summed E-state index contributed by atoms with van der Waals surface area (Å²) in [6.45, 7) is 10.0. The van der Waals surface area contributed by atoms with E-state index in [2.05, 4.69) is 245 Å². The summed E-state index contributed by atoms with van der Waals surface area (Å²) in [4.78, 5) is 2.69. The van der Waals surface area contributed by atoms with Crippen molar-refractivity contribution in [3.63, 3.8) is 0 Å². The lowest BCUT2D eigenvalue weighted by atomic mass is 9.71. The predicted molar refractivity (Wildman–Crippen MR) is 292 cm³/mol.